The van der Waals surface area contributed by atoms with Crippen LogP contribution in [0.2, 0.25) is 0 Å². The molecule has 1 aromatic carbocycles. The number of nitrogens with zero attached hydrogens (tertiary/aromatic N) is 1. The van der Waals surface area contributed by atoms with Gasteiger partial charge in [0, 0.05) is 13.2 Å². The first kappa shape index (κ1) is 16.3. The highest BCUT2D eigenvalue weighted by Gasteiger charge is 2.09. The van der Waals surface area contributed by atoms with E-state index in [0.717, 1.165) is 0 Å². The summed E-state index contributed by atoms with van der Waals surface area (Å²) in [5, 5.41) is 2.52. The van der Waals surface area contributed by atoms with E-state index in [0.29, 0.717) is 0 Å². The van der Waals surface area contributed by atoms with E-state index in [1.54, 1.807) is 31.4 Å². The van der Waals surface area contributed by atoms with Gasteiger partial charge >= 0.3 is 0 Å². The lowest BCUT2D eigenvalue weighted by atomic mass is 10.2. The van der Waals surface area contributed by atoms with Gasteiger partial charge < -0.3 is 14.6 Å². The van der Waals surface area contributed by atoms with Crippen LogP contribution in [-0.2, 0) is 7.05 Å². The molecule has 1 heterocycles. The molecular weight excluding hydrogens is 299 g/mol. The van der Waals surface area contributed by atoms with E-state index in [9.17, 15) is 14.0 Å². The van der Waals surface area contributed by atoms with Gasteiger partial charge in [0.05, 0.1) is 6.54 Å². The van der Waals surface area contributed by atoms with E-state index in [2.05, 4.69) is 17.2 Å². The Morgan fingerprint density at radius 1 is 1.26 bits per heavy atom. The van der Waals surface area contributed by atoms with Gasteiger partial charge in [-0.15, -0.1) is 0 Å². The Hall–Kier alpha value is -3.07. The zero-order valence-corrected chi connectivity index (χ0v) is 12.5. The average Bonchev–Trinajstić information content (AvgIpc) is 2.54. The molecule has 0 radical (unpaired) electrons. The Kier molecular flexibility index (Phi) is 5.53. The van der Waals surface area contributed by atoms with E-state index in [1.165, 1.54) is 22.8 Å². The Balaban J connectivity index is 1.82. The number of amides is 1. The fraction of sp³-hybridized carbons (Fsp3) is 0.176. The summed E-state index contributed by atoms with van der Waals surface area (Å²) in [6.45, 7) is 0.0709. The van der Waals surface area contributed by atoms with Crippen molar-refractivity contribution < 1.29 is 13.9 Å². The topological polar surface area (TPSA) is 60.3 Å². The molecule has 1 amide bonds. The zero-order valence-electron chi connectivity index (χ0n) is 12.5. The van der Waals surface area contributed by atoms with Crippen LogP contribution < -0.4 is 15.6 Å². The van der Waals surface area contributed by atoms with Crippen molar-refractivity contribution in [2.75, 3.05) is 13.2 Å². The van der Waals surface area contributed by atoms with Gasteiger partial charge in [-0.05, 0) is 24.3 Å². The second-order valence-corrected chi connectivity index (χ2v) is 4.59. The second kappa shape index (κ2) is 7.80. The first-order valence-corrected chi connectivity index (χ1v) is 6.86. The standard InChI is InChI=1S/C17H15FN2O3/c1-20-11-6-7-13(17(20)22)16(21)19-10-4-5-12-23-15-9-3-2-8-14(15)18/h2-3,6-9,11H,10,12H2,1H3,(H,19,21). The summed E-state index contributed by atoms with van der Waals surface area (Å²) in [5.74, 6) is 4.51. The van der Waals surface area contributed by atoms with Crippen molar-refractivity contribution in [1.29, 1.82) is 0 Å². The molecule has 0 atom stereocenters. The molecule has 2 aromatic rings. The maximum Gasteiger partial charge on any atom is 0.263 e. The third kappa shape index (κ3) is 4.45. The van der Waals surface area contributed by atoms with Crippen LogP contribution in [0.5, 0.6) is 5.75 Å². The first-order chi connectivity index (χ1) is 11.1. The third-order valence-corrected chi connectivity index (χ3v) is 2.97. The molecule has 23 heavy (non-hydrogen) atoms. The molecule has 0 bridgehead atoms. The number of carbonyl (C=O) groups excluding carboxylic acids is 1. The Bertz CT molecular complexity index is 818. The number of benzene rings is 1. The molecule has 0 unspecified atom stereocenters. The summed E-state index contributed by atoms with van der Waals surface area (Å²) in [6.07, 6.45) is 1.57. The number of pyridine rings is 1. The van der Waals surface area contributed by atoms with Crippen molar-refractivity contribution >= 4 is 5.91 Å². The maximum absolute atomic E-state index is 13.3. The minimum atomic E-state index is -0.490. The normalized spacial score (nSPS) is 9.65. The smallest absolute Gasteiger partial charge is 0.263 e. The third-order valence-electron chi connectivity index (χ3n) is 2.97. The van der Waals surface area contributed by atoms with Crippen LogP contribution in [0, 0.1) is 17.7 Å². The molecule has 2 rings (SSSR count). The molecule has 1 N–H and O–H groups in total. The number of aromatic nitrogens is 1. The van der Waals surface area contributed by atoms with Gasteiger partial charge in [0.15, 0.2) is 11.6 Å². The number of ether oxygens (including phenoxy) is 1. The molecule has 6 heteroatoms. The van der Waals surface area contributed by atoms with Gasteiger partial charge in [0.1, 0.15) is 12.2 Å². The molecule has 1 aromatic heterocycles. The number of nitrogens with one attached hydrogen (secondary N) is 1. The molecule has 0 aliphatic rings. The second-order valence-electron chi connectivity index (χ2n) is 4.59. The Labute approximate surface area is 132 Å². The average molecular weight is 314 g/mol. The molecule has 0 saturated carbocycles. The summed E-state index contributed by atoms with van der Waals surface area (Å²) in [6, 6.07) is 9.09. The lowest BCUT2D eigenvalue weighted by molar-refractivity contribution is 0.0956. The van der Waals surface area contributed by atoms with Crippen LogP contribution in [0.15, 0.2) is 47.4 Å². The molecule has 0 fully saturated rings. The van der Waals surface area contributed by atoms with Gasteiger partial charge in [-0.2, -0.15) is 0 Å². The van der Waals surface area contributed by atoms with Gasteiger partial charge in [-0.25, -0.2) is 4.39 Å². The van der Waals surface area contributed by atoms with Crippen molar-refractivity contribution in [2.24, 2.45) is 7.05 Å². The zero-order chi connectivity index (χ0) is 16.7. The predicted molar refractivity (Wildman–Crippen MR) is 83.7 cm³/mol. The lowest BCUT2D eigenvalue weighted by Gasteiger charge is -2.03. The van der Waals surface area contributed by atoms with Crippen molar-refractivity contribution in [3.63, 3.8) is 0 Å². The molecule has 0 aliphatic carbocycles. The van der Waals surface area contributed by atoms with Gasteiger partial charge in [-0.3, -0.25) is 9.59 Å². The Morgan fingerprint density at radius 3 is 2.83 bits per heavy atom. The summed E-state index contributed by atoms with van der Waals surface area (Å²) < 4.78 is 19.7. The highest BCUT2D eigenvalue weighted by atomic mass is 19.1. The monoisotopic (exact) mass is 314 g/mol. The SMILES string of the molecule is Cn1cccc(C(=O)NCC#CCOc2ccccc2F)c1=O. The van der Waals surface area contributed by atoms with Crippen LogP contribution in [0.25, 0.3) is 0 Å². The summed E-state index contributed by atoms with van der Waals surface area (Å²) in [5.41, 5.74) is -0.319. The number of hydrogen-bond acceptors (Lipinski definition) is 3. The molecule has 0 saturated heterocycles. The van der Waals surface area contributed by atoms with Gasteiger partial charge in [0.2, 0.25) is 0 Å². The van der Waals surface area contributed by atoms with E-state index in [4.69, 9.17) is 4.74 Å². The summed E-state index contributed by atoms with van der Waals surface area (Å²) in [7, 11) is 1.57. The highest BCUT2D eigenvalue weighted by molar-refractivity contribution is 5.93. The summed E-state index contributed by atoms with van der Waals surface area (Å²) in [4.78, 5) is 23.6. The fourth-order valence-electron chi connectivity index (χ4n) is 1.78. The number of aryl methyl sites for hydroxylation is 1. The number of carbonyl (C=O) groups is 1. The van der Waals surface area contributed by atoms with Crippen LogP contribution in [0.4, 0.5) is 4.39 Å². The van der Waals surface area contributed by atoms with Crippen molar-refractivity contribution in [3.05, 3.63) is 64.3 Å². The fourth-order valence-corrected chi connectivity index (χ4v) is 1.78. The molecule has 0 aliphatic heterocycles. The number of rotatable bonds is 4. The Morgan fingerprint density at radius 2 is 2.04 bits per heavy atom. The van der Waals surface area contributed by atoms with E-state index >= 15 is 0 Å². The van der Waals surface area contributed by atoms with Crippen molar-refractivity contribution in [3.8, 4) is 17.6 Å². The van der Waals surface area contributed by atoms with Crippen molar-refractivity contribution in [2.45, 2.75) is 0 Å². The van der Waals surface area contributed by atoms with E-state index in [1.807, 2.05) is 0 Å². The maximum atomic E-state index is 13.3. The largest absolute Gasteiger partial charge is 0.478 e. The highest BCUT2D eigenvalue weighted by Crippen LogP contribution is 2.14. The molecule has 118 valence electrons. The van der Waals surface area contributed by atoms with Gasteiger partial charge in [0.25, 0.3) is 11.5 Å². The van der Waals surface area contributed by atoms with Crippen LogP contribution in [0.3, 0.4) is 0 Å². The number of para-hydroxylation sites is 1. The number of hydrogen-bond donors (Lipinski definition) is 1. The quantitative estimate of drug-likeness (QED) is 0.866. The predicted octanol–water partition coefficient (Wildman–Crippen LogP) is 1.34. The molecular formula is C17H15FN2O3. The minimum absolute atomic E-state index is 0.00388. The van der Waals surface area contributed by atoms with Crippen LogP contribution in [0.1, 0.15) is 10.4 Å². The molecule has 0 spiro atoms. The van der Waals surface area contributed by atoms with Crippen LogP contribution >= 0.6 is 0 Å². The minimum Gasteiger partial charge on any atom is -0.478 e. The van der Waals surface area contributed by atoms with E-state index in [-0.39, 0.29) is 30.0 Å². The molecule has 5 nitrogen and oxygen atoms in total. The lowest BCUT2D eigenvalue weighted by Crippen LogP contribution is -2.32. The van der Waals surface area contributed by atoms with E-state index < -0.39 is 11.7 Å². The van der Waals surface area contributed by atoms with Crippen LogP contribution in [-0.4, -0.2) is 23.6 Å². The first-order valence-electron chi connectivity index (χ1n) is 6.86. The van der Waals surface area contributed by atoms with Crippen molar-refractivity contribution in [1.82, 2.24) is 9.88 Å². The summed E-state index contributed by atoms with van der Waals surface area (Å²) >= 11 is 0. The number of halogens is 1. The van der Waals surface area contributed by atoms with Gasteiger partial charge in [-0.1, -0.05) is 24.0 Å².